The van der Waals surface area contributed by atoms with Crippen LogP contribution >= 0.6 is 15.9 Å². The summed E-state index contributed by atoms with van der Waals surface area (Å²) in [7, 11) is 1.98. The average molecular weight is 338 g/mol. The summed E-state index contributed by atoms with van der Waals surface area (Å²) >= 11 is 3.47. The quantitative estimate of drug-likeness (QED) is 0.911. The van der Waals surface area contributed by atoms with E-state index in [1.807, 2.05) is 19.2 Å². The van der Waals surface area contributed by atoms with Gasteiger partial charge in [-0.2, -0.15) is 0 Å². The van der Waals surface area contributed by atoms with Crippen LogP contribution in [0.1, 0.15) is 17.2 Å². The van der Waals surface area contributed by atoms with Gasteiger partial charge >= 0.3 is 0 Å². The van der Waals surface area contributed by atoms with Crippen LogP contribution < -0.4 is 5.73 Å². The zero-order valence-electron chi connectivity index (χ0n) is 11.3. The van der Waals surface area contributed by atoms with Gasteiger partial charge in [-0.15, -0.1) is 0 Å². The van der Waals surface area contributed by atoms with Crippen molar-refractivity contribution in [1.82, 2.24) is 9.88 Å². The molecule has 0 saturated carbocycles. The second kappa shape index (κ2) is 6.92. The van der Waals surface area contributed by atoms with Gasteiger partial charge in [0.1, 0.15) is 5.82 Å². The molecular formula is C15H17BrFN3. The van der Waals surface area contributed by atoms with Crippen LogP contribution in [-0.2, 0) is 6.54 Å². The minimum Gasteiger partial charge on any atom is -0.329 e. The lowest BCUT2D eigenvalue weighted by atomic mass is 10.0. The molecule has 1 unspecified atom stereocenters. The van der Waals surface area contributed by atoms with E-state index in [0.717, 1.165) is 22.1 Å². The number of hydrogen-bond acceptors (Lipinski definition) is 3. The van der Waals surface area contributed by atoms with Gasteiger partial charge in [0.15, 0.2) is 0 Å². The fourth-order valence-electron chi connectivity index (χ4n) is 2.20. The number of nitrogens with zero attached hydrogens (tertiary/aromatic N) is 2. The Morgan fingerprint density at radius 1 is 1.30 bits per heavy atom. The summed E-state index contributed by atoms with van der Waals surface area (Å²) in [4.78, 5) is 6.11. The summed E-state index contributed by atoms with van der Waals surface area (Å²) in [6, 6.07) is 8.56. The number of nitrogens with two attached hydrogens (primary N) is 1. The third-order valence-corrected chi connectivity index (χ3v) is 3.98. The Labute approximate surface area is 126 Å². The molecule has 1 aromatic heterocycles. The predicted octanol–water partition coefficient (Wildman–Crippen LogP) is 3.12. The van der Waals surface area contributed by atoms with Crippen molar-refractivity contribution < 1.29 is 4.39 Å². The first-order chi connectivity index (χ1) is 9.61. The lowest BCUT2D eigenvalue weighted by Crippen LogP contribution is -2.30. The first-order valence-electron chi connectivity index (χ1n) is 6.36. The Bertz CT molecular complexity index is 562. The molecule has 0 amide bonds. The van der Waals surface area contributed by atoms with E-state index in [2.05, 4.69) is 25.8 Å². The molecule has 2 rings (SSSR count). The molecule has 3 nitrogen and oxygen atoms in total. The molecule has 0 aliphatic carbocycles. The molecule has 0 fully saturated rings. The zero-order valence-corrected chi connectivity index (χ0v) is 12.8. The highest BCUT2D eigenvalue weighted by atomic mass is 79.9. The Kier molecular flexibility index (Phi) is 5.23. The van der Waals surface area contributed by atoms with Gasteiger partial charge < -0.3 is 5.73 Å². The Hall–Kier alpha value is -1.30. The van der Waals surface area contributed by atoms with Crippen LogP contribution in [0.2, 0.25) is 0 Å². The molecule has 5 heteroatoms. The molecule has 0 bridgehead atoms. The minimum absolute atomic E-state index is 0.0479. The lowest BCUT2D eigenvalue weighted by molar-refractivity contribution is 0.240. The molecule has 0 radical (unpaired) electrons. The van der Waals surface area contributed by atoms with E-state index >= 15 is 0 Å². The predicted molar refractivity (Wildman–Crippen MR) is 81.6 cm³/mol. The molecule has 0 aliphatic heterocycles. The van der Waals surface area contributed by atoms with E-state index < -0.39 is 0 Å². The number of pyridine rings is 1. The van der Waals surface area contributed by atoms with Crippen LogP contribution in [0, 0.1) is 5.82 Å². The SMILES string of the molecule is CN(Cc1ccncc1)C(CN)c1cc(F)ccc1Br. The number of aromatic nitrogens is 1. The summed E-state index contributed by atoms with van der Waals surface area (Å²) in [6.07, 6.45) is 3.53. The zero-order chi connectivity index (χ0) is 14.5. The molecular weight excluding hydrogens is 321 g/mol. The lowest BCUT2D eigenvalue weighted by Gasteiger charge is -2.28. The fraction of sp³-hybridized carbons (Fsp3) is 0.267. The van der Waals surface area contributed by atoms with Crippen LogP contribution in [0.15, 0.2) is 47.2 Å². The molecule has 0 aliphatic rings. The van der Waals surface area contributed by atoms with Crippen molar-refractivity contribution in [3.63, 3.8) is 0 Å². The number of rotatable bonds is 5. The molecule has 1 atom stereocenters. The largest absolute Gasteiger partial charge is 0.329 e. The van der Waals surface area contributed by atoms with Gasteiger partial charge in [0.25, 0.3) is 0 Å². The van der Waals surface area contributed by atoms with Crippen LogP contribution in [0.3, 0.4) is 0 Å². The summed E-state index contributed by atoms with van der Waals surface area (Å²) < 4.78 is 14.3. The van der Waals surface area contributed by atoms with E-state index in [1.165, 1.54) is 12.1 Å². The van der Waals surface area contributed by atoms with Crippen molar-refractivity contribution in [3.05, 3.63) is 64.1 Å². The number of halogens is 2. The number of hydrogen-bond donors (Lipinski definition) is 1. The third kappa shape index (κ3) is 3.62. The monoisotopic (exact) mass is 337 g/mol. The van der Waals surface area contributed by atoms with Crippen molar-refractivity contribution in [3.8, 4) is 0 Å². The maximum Gasteiger partial charge on any atom is 0.123 e. The number of benzene rings is 1. The highest BCUT2D eigenvalue weighted by Gasteiger charge is 2.18. The summed E-state index contributed by atoms with van der Waals surface area (Å²) in [5, 5.41) is 0. The standard InChI is InChI=1S/C15H17BrFN3/c1-20(10-11-4-6-19-7-5-11)15(9-18)13-8-12(17)2-3-14(13)16/h2-8,15H,9-10,18H2,1H3. The summed E-state index contributed by atoms with van der Waals surface area (Å²) in [5.41, 5.74) is 7.89. The second-order valence-corrected chi connectivity index (χ2v) is 5.54. The van der Waals surface area contributed by atoms with Crippen molar-refractivity contribution in [2.24, 2.45) is 5.73 Å². The normalized spacial score (nSPS) is 12.7. The Morgan fingerprint density at radius 3 is 2.65 bits per heavy atom. The van der Waals surface area contributed by atoms with Gasteiger partial charge in [-0.25, -0.2) is 4.39 Å². The first kappa shape index (κ1) is 15.1. The molecule has 2 N–H and O–H groups in total. The highest BCUT2D eigenvalue weighted by Crippen LogP contribution is 2.28. The van der Waals surface area contributed by atoms with Crippen LogP contribution in [0.5, 0.6) is 0 Å². The fourth-order valence-corrected chi connectivity index (χ4v) is 2.71. The third-order valence-electron chi connectivity index (χ3n) is 3.25. The maximum absolute atomic E-state index is 13.4. The smallest absolute Gasteiger partial charge is 0.123 e. The van der Waals surface area contributed by atoms with Crippen LogP contribution in [0.25, 0.3) is 0 Å². The van der Waals surface area contributed by atoms with Gasteiger partial charge in [-0.1, -0.05) is 15.9 Å². The molecule has 2 aromatic rings. The van der Waals surface area contributed by atoms with Gasteiger partial charge in [0.05, 0.1) is 0 Å². The molecule has 1 heterocycles. The van der Waals surface area contributed by atoms with Crippen LogP contribution in [0.4, 0.5) is 4.39 Å². The van der Waals surface area contributed by atoms with E-state index in [9.17, 15) is 4.39 Å². The molecule has 0 saturated heterocycles. The van der Waals surface area contributed by atoms with Crippen molar-refractivity contribution in [2.45, 2.75) is 12.6 Å². The molecule has 0 spiro atoms. The average Bonchev–Trinajstić information content (AvgIpc) is 2.44. The molecule has 20 heavy (non-hydrogen) atoms. The highest BCUT2D eigenvalue weighted by molar-refractivity contribution is 9.10. The van der Waals surface area contributed by atoms with Crippen molar-refractivity contribution in [1.29, 1.82) is 0 Å². The van der Waals surface area contributed by atoms with Gasteiger partial charge in [0.2, 0.25) is 0 Å². The minimum atomic E-state index is -0.251. The van der Waals surface area contributed by atoms with E-state index in [1.54, 1.807) is 18.5 Å². The van der Waals surface area contributed by atoms with E-state index in [-0.39, 0.29) is 11.9 Å². The van der Waals surface area contributed by atoms with Crippen molar-refractivity contribution in [2.75, 3.05) is 13.6 Å². The molecule has 1 aromatic carbocycles. The van der Waals surface area contributed by atoms with E-state index in [4.69, 9.17) is 5.73 Å². The number of likely N-dealkylation sites (N-methyl/N-ethyl adjacent to an activating group) is 1. The first-order valence-corrected chi connectivity index (χ1v) is 7.15. The van der Waals surface area contributed by atoms with Crippen molar-refractivity contribution >= 4 is 15.9 Å². The van der Waals surface area contributed by atoms with Gasteiger partial charge in [-0.3, -0.25) is 9.88 Å². The Balaban J connectivity index is 2.21. The summed E-state index contributed by atoms with van der Waals surface area (Å²) in [6.45, 7) is 1.15. The molecule has 106 valence electrons. The maximum atomic E-state index is 13.4. The van der Waals surface area contributed by atoms with Gasteiger partial charge in [0, 0.05) is 36.0 Å². The van der Waals surface area contributed by atoms with E-state index in [0.29, 0.717) is 6.54 Å². The topological polar surface area (TPSA) is 42.2 Å². The second-order valence-electron chi connectivity index (χ2n) is 4.69. The van der Waals surface area contributed by atoms with Gasteiger partial charge in [-0.05, 0) is 48.5 Å². The van der Waals surface area contributed by atoms with Crippen LogP contribution in [-0.4, -0.2) is 23.5 Å². The Morgan fingerprint density at radius 2 is 2.00 bits per heavy atom. The summed E-state index contributed by atoms with van der Waals surface area (Å²) in [5.74, 6) is -0.251.